The molecule has 0 radical (unpaired) electrons. The van der Waals surface area contributed by atoms with Crippen molar-refractivity contribution in [1.29, 1.82) is 0 Å². The molecule has 0 aromatic heterocycles. The molecule has 0 aliphatic carbocycles. The zero-order valence-electron chi connectivity index (χ0n) is 12.7. The molecule has 0 bridgehead atoms. The molecule has 21 heavy (non-hydrogen) atoms. The second-order valence-electron chi connectivity index (χ2n) is 4.66. The summed E-state index contributed by atoms with van der Waals surface area (Å²) >= 11 is 0. The van der Waals surface area contributed by atoms with Crippen molar-refractivity contribution in [2.75, 3.05) is 40.2 Å². The Balaban J connectivity index is 3.05. The number of anilines is 1. The van der Waals surface area contributed by atoms with Gasteiger partial charge in [0.05, 0.1) is 19.9 Å². The van der Waals surface area contributed by atoms with E-state index in [4.69, 9.17) is 19.9 Å². The van der Waals surface area contributed by atoms with Crippen molar-refractivity contribution < 1.29 is 22.6 Å². The highest BCUT2D eigenvalue weighted by Gasteiger charge is 2.22. The van der Waals surface area contributed by atoms with E-state index in [-0.39, 0.29) is 28.8 Å². The lowest BCUT2D eigenvalue weighted by Crippen LogP contribution is -2.30. The van der Waals surface area contributed by atoms with Crippen LogP contribution in [0.25, 0.3) is 0 Å². The largest absolute Gasteiger partial charge is 0.495 e. The quantitative estimate of drug-likeness (QED) is 0.689. The highest BCUT2D eigenvalue weighted by Crippen LogP contribution is 2.33. The molecule has 7 nitrogen and oxygen atoms in total. The molecule has 0 heterocycles. The summed E-state index contributed by atoms with van der Waals surface area (Å²) in [6.45, 7) is 2.60. The van der Waals surface area contributed by atoms with E-state index >= 15 is 0 Å². The van der Waals surface area contributed by atoms with Crippen LogP contribution in [0.2, 0.25) is 0 Å². The Kier molecular flexibility index (Phi) is 6.25. The smallest absolute Gasteiger partial charge is 0.244 e. The predicted molar refractivity (Wildman–Crippen MR) is 80.2 cm³/mol. The van der Waals surface area contributed by atoms with Crippen molar-refractivity contribution in [2.24, 2.45) is 5.92 Å². The van der Waals surface area contributed by atoms with Crippen LogP contribution in [0.4, 0.5) is 5.69 Å². The van der Waals surface area contributed by atoms with Crippen molar-refractivity contribution >= 4 is 15.7 Å². The van der Waals surface area contributed by atoms with Crippen LogP contribution in [0.3, 0.4) is 0 Å². The van der Waals surface area contributed by atoms with Gasteiger partial charge in [-0.05, 0) is 12.0 Å². The number of nitrogens with one attached hydrogen (secondary N) is 1. The van der Waals surface area contributed by atoms with Crippen molar-refractivity contribution in [3.8, 4) is 11.5 Å². The molecule has 0 saturated carbocycles. The Morgan fingerprint density at radius 1 is 1.19 bits per heavy atom. The van der Waals surface area contributed by atoms with E-state index in [9.17, 15) is 8.42 Å². The second-order valence-corrected chi connectivity index (χ2v) is 6.39. The monoisotopic (exact) mass is 318 g/mol. The third-order valence-electron chi connectivity index (χ3n) is 2.88. The summed E-state index contributed by atoms with van der Waals surface area (Å²) < 4.78 is 42.3. The molecule has 8 heteroatoms. The molecule has 1 unspecified atom stereocenters. The van der Waals surface area contributed by atoms with E-state index < -0.39 is 10.0 Å². The van der Waals surface area contributed by atoms with Gasteiger partial charge in [-0.25, -0.2) is 13.1 Å². The van der Waals surface area contributed by atoms with Crippen LogP contribution in [0.5, 0.6) is 11.5 Å². The first-order valence-electron chi connectivity index (χ1n) is 6.35. The van der Waals surface area contributed by atoms with Crippen LogP contribution in [0.1, 0.15) is 6.92 Å². The van der Waals surface area contributed by atoms with E-state index in [0.29, 0.717) is 12.4 Å². The molecular weight excluding hydrogens is 296 g/mol. The van der Waals surface area contributed by atoms with Gasteiger partial charge in [0.15, 0.2) is 0 Å². The molecule has 0 spiro atoms. The third kappa shape index (κ3) is 4.48. The third-order valence-corrected chi connectivity index (χ3v) is 4.32. The average Bonchev–Trinajstić information content (AvgIpc) is 2.45. The van der Waals surface area contributed by atoms with E-state index in [1.165, 1.54) is 26.4 Å². The normalized spacial score (nSPS) is 13.0. The second kappa shape index (κ2) is 7.48. The van der Waals surface area contributed by atoms with Crippen molar-refractivity contribution in [3.63, 3.8) is 0 Å². The van der Waals surface area contributed by atoms with Crippen LogP contribution < -0.4 is 19.9 Å². The molecule has 0 saturated heterocycles. The Morgan fingerprint density at radius 2 is 1.81 bits per heavy atom. The molecule has 0 amide bonds. The van der Waals surface area contributed by atoms with Crippen LogP contribution in [-0.2, 0) is 14.8 Å². The number of benzene rings is 1. The van der Waals surface area contributed by atoms with Gasteiger partial charge in [-0.1, -0.05) is 6.92 Å². The topological polar surface area (TPSA) is 99.9 Å². The zero-order valence-corrected chi connectivity index (χ0v) is 13.5. The first-order valence-corrected chi connectivity index (χ1v) is 7.84. The van der Waals surface area contributed by atoms with Crippen LogP contribution in [0, 0.1) is 5.92 Å². The minimum atomic E-state index is -3.73. The molecule has 120 valence electrons. The van der Waals surface area contributed by atoms with Gasteiger partial charge in [-0.2, -0.15) is 0 Å². The van der Waals surface area contributed by atoms with Gasteiger partial charge < -0.3 is 19.9 Å². The fourth-order valence-electron chi connectivity index (χ4n) is 1.78. The minimum Gasteiger partial charge on any atom is -0.495 e. The summed E-state index contributed by atoms with van der Waals surface area (Å²) in [5.41, 5.74) is 5.99. The van der Waals surface area contributed by atoms with Gasteiger partial charge >= 0.3 is 0 Å². The van der Waals surface area contributed by atoms with Crippen molar-refractivity contribution in [2.45, 2.75) is 11.8 Å². The Hall–Kier alpha value is -1.51. The van der Waals surface area contributed by atoms with Crippen molar-refractivity contribution in [1.82, 2.24) is 4.72 Å². The molecule has 0 fully saturated rings. The summed E-state index contributed by atoms with van der Waals surface area (Å²) in [5.74, 6) is 0.581. The maximum absolute atomic E-state index is 12.3. The van der Waals surface area contributed by atoms with Gasteiger partial charge in [0, 0.05) is 26.3 Å². The summed E-state index contributed by atoms with van der Waals surface area (Å²) in [4.78, 5) is -0.0204. The fourth-order valence-corrected chi connectivity index (χ4v) is 3.13. The lowest BCUT2D eigenvalue weighted by Gasteiger charge is -2.15. The lowest BCUT2D eigenvalue weighted by molar-refractivity contribution is 0.161. The first-order chi connectivity index (χ1) is 9.85. The SMILES string of the molecule is COCC(C)CNS(=O)(=O)c1cc(N)c(OC)cc1OC. The molecular formula is C13H22N2O5S. The predicted octanol–water partition coefficient (Wildman–Crippen LogP) is 0.847. The number of nitrogen functional groups attached to an aromatic ring is 1. The standard InChI is InChI=1S/C13H22N2O5S/c1-9(8-18-2)7-15-21(16,17)13-5-10(14)11(19-3)6-12(13)20-4/h5-6,9,15H,7-8,14H2,1-4H3. The number of nitrogens with two attached hydrogens (primary N) is 1. The van der Waals surface area contributed by atoms with E-state index in [1.807, 2.05) is 6.92 Å². The van der Waals surface area contributed by atoms with Crippen LogP contribution in [0.15, 0.2) is 17.0 Å². The summed E-state index contributed by atoms with van der Waals surface area (Å²) in [6.07, 6.45) is 0. The van der Waals surface area contributed by atoms with E-state index in [1.54, 1.807) is 7.11 Å². The molecule has 3 N–H and O–H groups in total. The molecule has 1 atom stereocenters. The maximum Gasteiger partial charge on any atom is 0.244 e. The fraction of sp³-hybridized carbons (Fsp3) is 0.538. The Morgan fingerprint density at radius 3 is 2.33 bits per heavy atom. The number of ether oxygens (including phenoxy) is 3. The van der Waals surface area contributed by atoms with E-state index in [2.05, 4.69) is 4.72 Å². The summed E-state index contributed by atoms with van der Waals surface area (Å²) in [7, 11) is 0.672. The summed E-state index contributed by atoms with van der Waals surface area (Å²) in [6, 6.07) is 2.77. The Labute approximate surface area is 125 Å². The number of hydrogen-bond donors (Lipinski definition) is 2. The lowest BCUT2D eigenvalue weighted by atomic mass is 10.2. The van der Waals surface area contributed by atoms with Gasteiger partial charge in [0.25, 0.3) is 0 Å². The van der Waals surface area contributed by atoms with Gasteiger partial charge in [0.2, 0.25) is 10.0 Å². The van der Waals surface area contributed by atoms with Gasteiger partial charge in [-0.15, -0.1) is 0 Å². The molecule has 0 aliphatic heterocycles. The highest BCUT2D eigenvalue weighted by molar-refractivity contribution is 7.89. The number of methoxy groups -OCH3 is 3. The molecule has 1 aromatic rings. The number of rotatable bonds is 8. The van der Waals surface area contributed by atoms with Crippen molar-refractivity contribution in [3.05, 3.63) is 12.1 Å². The first kappa shape index (κ1) is 17.5. The minimum absolute atomic E-state index is 0.0204. The highest BCUT2D eigenvalue weighted by atomic mass is 32.2. The molecule has 0 aliphatic rings. The van der Waals surface area contributed by atoms with Gasteiger partial charge in [-0.3, -0.25) is 0 Å². The number of sulfonamides is 1. The zero-order chi connectivity index (χ0) is 16.0. The van der Waals surface area contributed by atoms with Crippen LogP contribution in [-0.4, -0.2) is 42.9 Å². The molecule has 1 aromatic carbocycles. The maximum atomic E-state index is 12.3. The average molecular weight is 318 g/mol. The number of hydrogen-bond acceptors (Lipinski definition) is 6. The van der Waals surface area contributed by atoms with Gasteiger partial charge in [0.1, 0.15) is 16.4 Å². The molecule has 1 rings (SSSR count). The van der Waals surface area contributed by atoms with Crippen LogP contribution >= 0.6 is 0 Å². The van der Waals surface area contributed by atoms with E-state index in [0.717, 1.165) is 0 Å². The summed E-state index contributed by atoms with van der Waals surface area (Å²) in [5, 5.41) is 0. The Bertz CT molecular complexity index is 574.